The lowest BCUT2D eigenvalue weighted by Gasteiger charge is -2.32. The van der Waals surface area contributed by atoms with Gasteiger partial charge in [0.15, 0.2) is 0 Å². The average molecular weight is 474 g/mol. The highest BCUT2D eigenvalue weighted by atomic mass is 19.4. The van der Waals surface area contributed by atoms with Gasteiger partial charge in [-0.15, -0.1) is 0 Å². The molecule has 1 amide bonds. The van der Waals surface area contributed by atoms with Gasteiger partial charge in [0, 0.05) is 17.2 Å². The van der Waals surface area contributed by atoms with E-state index in [1.54, 1.807) is 0 Å². The number of rotatable bonds is 4. The Bertz CT molecular complexity index is 1180. The number of benzene rings is 2. The van der Waals surface area contributed by atoms with Crippen molar-refractivity contribution in [1.82, 2.24) is 4.57 Å². The van der Waals surface area contributed by atoms with Gasteiger partial charge in [0.25, 0.3) is 11.2 Å². The maximum Gasteiger partial charge on any atom is 0.430 e. The fraction of sp³-hybridized carbons (Fsp3) is 0.273. The van der Waals surface area contributed by atoms with Crippen LogP contribution in [0.3, 0.4) is 0 Å². The van der Waals surface area contributed by atoms with Crippen LogP contribution in [-0.2, 0) is 12.1 Å². The van der Waals surface area contributed by atoms with Crippen molar-refractivity contribution in [3.63, 3.8) is 0 Å². The van der Waals surface area contributed by atoms with Crippen molar-refractivity contribution in [1.29, 1.82) is 0 Å². The maximum atomic E-state index is 13.0. The fourth-order valence-corrected chi connectivity index (χ4v) is 3.14. The van der Waals surface area contributed by atoms with Gasteiger partial charge < -0.3 is 15.4 Å². The van der Waals surface area contributed by atoms with Crippen LogP contribution in [-0.4, -0.2) is 27.9 Å². The molecule has 1 heterocycles. The lowest BCUT2D eigenvalue weighted by molar-refractivity contribution is -0.376. The van der Waals surface area contributed by atoms with Gasteiger partial charge in [-0.2, -0.15) is 26.3 Å². The van der Waals surface area contributed by atoms with Gasteiger partial charge in [-0.3, -0.25) is 9.59 Å². The molecule has 0 spiro atoms. The Morgan fingerprint density at radius 1 is 0.909 bits per heavy atom. The maximum absolute atomic E-state index is 13.0. The van der Waals surface area contributed by atoms with Crippen LogP contribution in [0.2, 0.25) is 0 Å². The number of hydrogen-bond acceptors (Lipinski definition) is 3. The molecule has 0 aliphatic carbocycles. The second-order valence-corrected chi connectivity index (χ2v) is 6.80. The fourth-order valence-electron chi connectivity index (χ4n) is 3.14. The van der Waals surface area contributed by atoms with E-state index in [1.165, 1.54) is 34.9 Å². The Hall–Kier alpha value is -3.34. The molecule has 3 N–H and O–H groups in total. The molecule has 0 unspecified atom stereocenters. The Labute approximate surface area is 184 Å². The van der Waals surface area contributed by atoms with E-state index in [2.05, 4.69) is 0 Å². The monoisotopic (exact) mass is 474 g/mol. The summed E-state index contributed by atoms with van der Waals surface area (Å²) in [6.07, 6.45) is -12.0. The Morgan fingerprint density at radius 3 is 1.94 bits per heavy atom. The number of primary amides is 1. The van der Waals surface area contributed by atoms with E-state index in [-0.39, 0.29) is 17.7 Å². The first-order chi connectivity index (χ1) is 15.3. The number of pyridine rings is 1. The number of amides is 1. The number of aromatic nitrogens is 1. The molecular formula is C22H20F6N2O3. The molecule has 5 nitrogen and oxygen atoms in total. The van der Waals surface area contributed by atoms with Crippen LogP contribution < -0.4 is 11.3 Å². The van der Waals surface area contributed by atoms with E-state index in [0.29, 0.717) is 23.0 Å². The molecule has 178 valence electrons. The number of aliphatic hydroxyl groups is 1. The quantitative estimate of drug-likeness (QED) is 0.547. The highest BCUT2D eigenvalue weighted by Gasteiger charge is 2.71. The summed E-state index contributed by atoms with van der Waals surface area (Å²) in [6.45, 7) is 3.82. The molecule has 0 radical (unpaired) electrons. The predicted molar refractivity (Wildman–Crippen MR) is 110 cm³/mol. The minimum atomic E-state index is -5.99. The van der Waals surface area contributed by atoms with E-state index in [4.69, 9.17) is 5.73 Å². The molecule has 0 aliphatic heterocycles. The van der Waals surface area contributed by atoms with Gasteiger partial charge in [0.1, 0.15) is 0 Å². The van der Waals surface area contributed by atoms with E-state index in [0.717, 1.165) is 12.1 Å². The molecular weight excluding hydrogens is 454 g/mol. The molecule has 0 saturated carbocycles. The minimum absolute atomic E-state index is 0.178. The van der Waals surface area contributed by atoms with E-state index < -0.39 is 35.0 Å². The Morgan fingerprint density at radius 2 is 1.45 bits per heavy atom. The molecule has 11 heteroatoms. The van der Waals surface area contributed by atoms with Gasteiger partial charge in [-0.1, -0.05) is 38.1 Å². The molecule has 0 fully saturated rings. The van der Waals surface area contributed by atoms with Crippen LogP contribution in [0.5, 0.6) is 0 Å². The smallest absolute Gasteiger partial charge is 0.369 e. The summed E-state index contributed by atoms with van der Waals surface area (Å²) in [4.78, 5) is 23.6. The topological polar surface area (TPSA) is 85.3 Å². The normalized spacial score (nSPS) is 12.3. The highest BCUT2D eigenvalue weighted by molar-refractivity contribution is 5.96. The van der Waals surface area contributed by atoms with Gasteiger partial charge in [0.05, 0.1) is 12.1 Å². The van der Waals surface area contributed by atoms with Crippen LogP contribution in [0, 0.1) is 0 Å². The van der Waals surface area contributed by atoms with Gasteiger partial charge >= 0.3 is 12.4 Å². The predicted octanol–water partition coefficient (Wildman–Crippen LogP) is 4.49. The summed E-state index contributed by atoms with van der Waals surface area (Å²) < 4.78 is 79.2. The van der Waals surface area contributed by atoms with Crippen molar-refractivity contribution in [3.05, 3.63) is 81.6 Å². The largest absolute Gasteiger partial charge is 0.430 e. The molecule has 0 atom stereocenters. The van der Waals surface area contributed by atoms with Crippen LogP contribution in [0.25, 0.3) is 10.9 Å². The summed E-state index contributed by atoms with van der Waals surface area (Å²) in [5.41, 5.74) is -0.900. The number of fused-ring (bicyclic) bond motifs is 1. The molecule has 0 bridgehead atoms. The number of nitrogens with two attached hydrogens (primary N) is 1. The van der Waals surface area contributed by atoms with Crippen molar-refractivity contribution in [3.8, 4) is 0 Å². The lowest BCUT2D eigenvalue weighted by Crippen LogP contribution is -2.53. The second-order valence-electron chi connectivity index (χ2n) is 6.80. The Kier molecular flexibility index (Phi) is 7.27. The van der Waals surface area contributed by atoms with Gasteiger partial charge in [-0.25, -0.2) is 0 Å². The lowest BCUT2D eigenvalue weighted by atomic mass is 9.91. The zero-order chi connectivity index (χ0) is 25.2. The summed E-state index contributed by atoms with van der Waals surface area (Å²) in [7, 11) is 0. The molecule has 33 heavy (non-hydrogen) atoms. The second kappa shape index (κ2) is 9.26. The third-order valence-electron chi connectivity index (χ3n) is 4.81. The van der Waals surface area contributed by atoms with E-state index in [1.807, 2.05) is 13.8 Å². The molecule has 3 rings (SSSR count). The first-order valence-electron chi connectivity index (χ1n) is 9.64. The molecule has 3 aromatic rings. The van der Waals surface area contributed by atoms with Crippen molar-refractivity contribution in [2.75, 3.05) is 0 Å². The zero-order valence-corrected chi connectivity index (χ0v) is 17.5. The third-order valence-corrected chi connectivity index (χ3v) is 4.81. The average Bonchev–Trinajstić information content (AvgIpc) is 2.75. The summed E-state index contributed by atoms with van der Waals surface area (Å²) in [5.74, 6) is -0.683. The standard InChI is InChI=1S/C20H14F6N2O3.C2H6/c21-19(22,23)18(31,20(24,25)26)14-5-1-11(2-6-14)10-28-15-7-3-13(17(27)30)9-12(15)4-8-16(28)29;1-2/h1-9,31H,10H2,(H2,27,30);1-2H3. The highest BCUT2D eigenvalue weighted by Crippen LogP contribution is 2.49. The van der Waals surface area contributed by atoms with Crippen molar-refractivity contribution in [2.45, 2.75) is 38.3 Å². The van der Waals surface area contributed by atoms with Gasteiger partial charge in [-0.05, 0) is 35.2 Å². The molecule has 0 saturated heterocycles. The number of carbonyl (C=O) groups is 1. The number of hydrogen-bond donors (Lipinski definition) is 2. The molecule has 2 aromatic carbocycles. The SMILES string of the molecule is CC.NC(=O)c1ccc2c(ccc(=O)n2Cc2ccc(C(O)(C(F)(F)F)C(F)(F)F)cc2)c1. The van der Waals surface area contributed by atoms with Crippen LogP contribution >= 0.6 is 0 Å². The number of halogens is 6. The van der Waals surface area contributed by atoms with E-state index >= 15 is 0 Å². The third kappa shape index (κ3) is 4.87. The van der Waals surface area contributed by atoms with Crippen LogP contribution in [0.15, 0.2) is 59.4 Å². The van der Waals surface area contributed by atoms with Crippen LogP contribution in [0.4, 0.5) is 26.3 Å². The summed E-state index contributed by atoms with van der Waals surface area (Å²) in [6, 6.07) is 9.89. The first kappa shape index (κ1) is 25.9. The van der Waals surface area contributed by atoms with Crippen molar-refractivity contribution >= 4 is 16.8 Å². The van der Waals surface area contributed by atoms with Gasteiger partial charge in [0.2, 0.25) is 5.91 Å². The minimum Gasteiger partial charge on any atom is -0.369 e. The number of nitrogens with zero attached hydrogens (tertiary/aromatic N) is 1. The van der Waals surface area contributed by atoms with E-state index in [9.17, 15) is 41.0 Å². The number of alkyl halides is 6. The first-order valence-corrected chi connectivity index (χ1v) is 9.64. The van der Waals surface area contributed by atoms with Crippen LogP contribution in [0.1, 0.15) is 35.3 Å². The summed E-state index contributed by atoms with van der Waals surface area (Å²) in [5, 5.41) is 9.93. The zero-order valence-electron chi connectivity index (χ0n) is 17.5. The van der Waals surface area contributed by atoms with Crippen molar-refractivity contribution in [2.24, 2.45) is 5.73 Å². The Balaban J connectivity index is 0.00000187. The van der Waals surface area contributed by atoms with Crippen molar-refractivity contribution < 1.29 is 36.2 Å². The molecule has 0 aliphatic rings. The summed E-state index contributed by atoms with van der Waals surface area (Å²) >= 11 is 0. The molecule has 1 aromatic heterocycles. The number of carbonyl (C=O) groups excluding carboxylic acids is 1.